The van der Waals surface area contributed by atoms with Gasteiger partial charge in [0.2, 0.25) is 0 Å². The van der Waals surface area contributed by atoms with Crippen molar-refractivity contribution in [3.8, 4) is 0 Å². The van der Waals surface area contributed by atoms with Gasteiger partial charge in [-0.2, -0.15) is 0 Å². The molecule has 0 amide bonds. The number of hydrogen-bond donors (Lipinski definition) is 0. The molecular formula is C24H24Cl2N2S. The van der Waals surface area contributed by atoms with Crippen molar-refractivity contribution < 1.29 is 0 Å². The smallest absolute Gasteiger partial charge is 0.0602 e. The molecule has 0 atom stereocenters. The van der Waals surface area contributed by atoms with Gasteiger partial charge in [0.1, 0.15) is 0 Å². The van der Waals surface area contributed by atoms with Gasteiger partial charge in [-0.3, -0.25) is 9.80 Å². The molecule has 1 aliphatic heterocycles. The lowest BCUT2D eigenvalue weighted by Crippen LogP contribution is -2.47. The van der Waals surface area contributed by atoms with Gasteiger partial charge < -0.3 is 0 Å². The van der Waals surface area contributed by atoms with E-state index in [9.17, 15) is 0 Å². The van der Waals surface area contributed by atoms with Crippen molar-refractivity contribution in [1.29, 1.82) is 0 Å². The molecule has 0 N–H and O–H groups in total. The molecule has 0 unspecified atom stereocenters. The van der Waals surface area contributed by atoms with Crippen LogP contribution in [0.1, 0.15) is 22.0 Å². The van der Waals surface area contributed by atoms with Crippen molar-refractivity contribution in [1.82, 2.24) is 9.80 Å². The summed E-state index contributed by atoms with van der Waals surface area (Å²) in [6.45, 7) is 5.18. The van der Waals surface area contributed by atoms with Crippen LogP contribution in [0.15, 0.2) is 72.1 Å². The van der Waals surface area contributed by atoms with Gasteiger partial charge in [0.25, 0.3) is 0 Å². The highest BCUT2D eigenvalue weighted by Gasteiger charge is 2.26. The van der Waals surface area contributed by atoms with Gasteiger partial charge in [0.05, 0.1) is 6.04 Å². The molecule has 1 aliphatic rings. The number of thiophene rings is 1. The number of nitrogens with zero attached hydrogens (tertiary/aromatic N) is 2. The Morgan fingerprint density at radius 2 is 1.41 bits per heavy atom. The number of halogens is 2. The monoisotopic (exact) mass is 442 g/mol. The van der Waals surface area contributed by atoms with Crippen molar-refractivity contribution in [3.63, 3.8) is 0 Å². The molecule has 29 heavy (non-hydrogen) atoms. The Bertz CT molecular complexity index is 867. The third kappa shape index (κ3) is 5.50. The third-order valence-electron chi connectivity index (χ3n) is 5.33. The summed E-state index contributed by atoms with van der Waals surface area (Å²) < 4.78 is 0. The highest BCUT2D eigenvalue weighted by Crippen LogP contribution is 2.31. The molecule has 3 aromatic rings. The van der Waals surface area contributed by atoms with Crippen molar-refractivity contribution in [3.05, 3.63) is 98.2 Å². The molecule has 150 valence electrons. The number of benzene rings is 2. The molecule has 2 aromatic carbocycles. The zero-order chi connectivity index (χ0) is 20.1. The lowest BCUT2D eigenvalue weighted by Gasteiger charge is -2.39. The summed E-state index contributed by atoms with van der Waals surface area (Å²) >= 11 is 14.0. The highest BCUT2D eigenvalue weighted by atomic mass is 35.5. The Hall–Kier alpha value is -1.62. The SMILES string of the molecule is Clc1ccc(C(c2ccc(Cl)cc2)N2CCN(C/C=C/c3cccs3)CC2)cc1. The summed E-state index contributed by atoms with van der Waals surface area (Å²) in [5.41, 5.74) is 2.53. The van der Waals surface area contributed by atoms with Crippen LogP contribution in [0, 0.1) is 0 Å². The molecule has 0 bridgehead atoms. The van der Waals surface area contributed by atoms with Gasteiger partial charge >= 0.3 is 0 Å². The molecule has 5 heteroatoms. The average Bonchev–Trinajstić information content (AvgIpc) is 3.26. The van der Waals surface area contributed by atoms with Gasteiger partial charge in [-0.05, 0) is 52.9 Å². The largest absolute Gasteiger partial charge is 0.297 e. The van der Waals surface area contributed by atoms with E-state index in [-0.39, 0.29) is 6.04 Å². The van der Waals surface area contributed by atoms with E-state index in [0.717, 1.165) is 42.8 Å². The summed E-state index contributed by atoms with van der Waals surface area (Å²) in [6.07, 6.45) is 4.50. The second-order valence-corrected chi connectivity index (χ2v) is 9.11. The van der Waals surface area contributed by atoms with E-state index in [2.05, 4.69) is 63.7 Å². The van der Waals surface area contributed by atoms with Crippen molar-refractivity contribution in [2.24, 2.45) is 0 Å². The number of piperazine rings is 1. The first-order valence-corrected chi connectivity index (χ1v) is 11.5. The molecule has 1 fully saturated rings. The second-order valence-electron chi connectivity index (χ2n) is 7.26. The van der Waals surface area contributed by atoms with Gasteiger partial charge in [0, 0.05) is 47.6 Å². The molecule has 0 aliphatic carbocycles. The predicted octanol–water partition coefficient (Wildman–Crippen LogP) is 6.48. The van der Waals surface area contributed by atoms with E-state index in [1.165, 1.54) is 16.0 Å². The molecule has 0 spiro atoms. The summed E-state index contributed by atoms with van der Waals surface area (Å²) in [6, 6.07) is 20.9. The summed E-state index contributed by atoms with van der Waals surface area (Å²) in [7, 11) is 0. The summed E-state index contributed by atoms with van der Waals surface area (Å²) in [4.78, 5) is 6.39. The Morgan fingerprint density at radius 1 is 0.828 bits per heavy atom. The first-order valence-electron chi connectivity index (χ1n) is 9.86. The summed E-state index contributed by atoms with van der Waals surface area (Å²) in [5.74, 6) is 0. The van der Waals surface area contributed by atoms with Crippen LogP contribution in [0.3, 0.4) is 0 Å². The van der Waals surface area contributed by atoms with Crippen LogP contribution in [-0.4, -0.2) is 42.5 Å². The fourth-order valence-corrected chi connectivity index (χ4v) is 4.71. The lowest BCUT2D eigenvalue weighted by molar-refractivity contribution is 0.118. The van der Waals surface area contributed by atoms with Crippen LogP contribution in [0.2, 0.25) is 10.0 Å². The molecule has 2 nitrogen and oxygen atoms in total. The maximum atomic E-state index is 6.13. The van der Waals surface area contributed by atoms with E-state index < -0.39 is 0 Å². The van der Waals surface area contributed by atoms with E-state index in [4.69, 9.17) is 23.2 Å². The Kier molecular flexibility index (Phi) is 7.06. The molecule has 1 saturated heterocycles. The van der Waals surface area contributed by atoms with Crippen LogP contribution < -0.4 is 0 Å². The van der Waals surface area contributed by atoms with Crippen LogP contribution in [0.25, 0.3) is 6.08 Å². The Morgan fingerprint density at radius 3 is 1.93 bits per heavy atom. The van der Waals surface area contributed by atoms with Crippen LogP contribution >= 0.6 is 34.5 Å². The van der Waals surface area contributed by atoms with E-state index in [1.54, 1.807) is 11.3 Å². The van der Waals surface area contributed by atoms with E-state index in [0.29, 0.717) is 0 Å². The van der Waals surface area contributed by atoms with Crippen molar-refractivity contribution in [2.45, 2.75) is 6.04 Å². The zero-order valence-electron chi connectivity index (χ0n) is 16.2. The molecule has 0 saturated carbocycles. The van der Waals surface area contributed by atoms with Gasteiger partial charge in [0.15, 0.2) is 0 Å². The average molecular weight is 443 g/mol. The number of hydrogen-bond acceptors (Lipinski definition) is 3. The molecular weight excluding hydrogens is 419 g/mol. The standard InChI is InChI=1S/C24H24Cl2N2S/c25-21-9-5-19(6-10-21)24(20-7-11-22(26)12-8-20)28-16-14-27(15-17-28)13-1-3-23-4-2-18-29-23/h1-12,18,24H,13-17H2/b3-1+. The minimum Gasteiger partial charge on any atom is -0.297 e. The Labute approximate surface area is 187 Å². The summed E-state index contributed by atoms with van der Waals surface area (Å²) in [5, 5.41) is 3.66. The van der Waals surface area contributed by atoms with Crippen molar-refractivity contribution >= 4 is 40.6 Å². The molecule has 2 heterocycles. The molecule has 0 radical (unpaired) electrons. The normalized spacial score (nSPS) is 16.1. The topological polar surface area (TPSA) is 6.48 Å². The second kappa shape index (κ2) is 9.92. The maximum absolute atomic E-state index is 6.13. The van der Waals surface area contributed by atoms with Crippen LogP contribution in [0.5, 0.6) is 0 Å². The van der Waals surface area contributed by atoms with Gasteiger partial charge in [-0.1, -0.05) is 59.6 Å². The quantitative estimate of drug-likeness (QED) is 0.431. The van der Waals surface area contributed by atoms with Gasteiger partial charge in [-0.15, -0.1) is 11.3 Å². The minimum absolute atomic E-state index is 0.216. The van der Waals surface area contributed by atoms with E-state index >= 15 is 0 Å². The van der Waals surface area contributed by atoms with Crippen LogP contribution in [-0.2, 0) is 0 Å². The van der Waals surface area contributed by atoms with Crippen molar-refractivity contribution in [2.75, 3.05) is 32.7 Å². The predicted molar refractivity (Wildman–Crippen MR) is 126 cm³/mol. The van der Waals surface area contributed by atoms with E-state index in [1.807, 2.05) is 24.3 Å². The Balaban J connectivity index is 1.44. The molecule has 1 aromatic heterocycles. The maximum Gasteiger partial charge on any atom is 0.0602 e. The number of rotatable bonds is 6. The third-order valence-corrected chi connectivity index (χ3v) is 6.67. The first-order chi connectivity index (χ1) is 14.2. The highest BCUT2D eigenvalue weighted by molar-refractivity contribution is 7.10. The fourth-order valence-electron chi connectivity index (χ4n) is 3.81. The molecule has 4 rings (SSSR count). The fraction of sp³-hybridized carbons (Fsp3) is 0.250. The minimum atomic E-state index is 0.216. The lowest BCUT2D eigenvalue weighted by atomic mass is 9.96. The zero-order valence-corrected chi connectivity index (χ0v) is 18.5. The van der Waals surface area contributed by atoms with Gasteiger partial charge in [-0.25, -0.2) is 0 Å². The first kappa shape index (κ1) is 20.6. The van der Waals surface area contributed by atoms with Crippen LogP contribution in [0.4, 0.5) is 0 Å².